The van der Waals surface area contributed by atoms with E-state index in [-0.39, 0.29) is 18.1 Å². The number of benzene rings is 1. The molecule has 1 aromatic carbocycles. The smallest absolute Gasteiger partial charge is 0.274 e. The van der Waals surface area contributed by atoms with Gasteiger partial charge in [0.1, 0.15) is 18.5 Å². The van der Waals surface area contributed by atoms with Crippen LogP contribution in [0.3, 0.4) is 0 Å². The van der Waals surface area contributed by atoms with Crippen molar-refractivity contribution < 1.29 is 24.3 Å². The van der Waals surface area contributed by atoms with Gasteiger partial charge in [-0.1, -0.05) is 6.07 Å². The Balaban J connectivity index is 1.81. The van der Waals surface area contributed by atoms with E-state index in [1.54, 1.807) is 28.6 Å². The van der Waals surface area contributed by atoms with Crippen LogP contribution in [0.2, 0.25) is 0 Å². The first kappa shape index (κ1) is 16.7. The van der Waals surface area contributed by atoms with Crippen molar-refractivity contribution in [1.29, 1.82) is 0 Å². The molecule has 2 amide bonds. The second-order valence-corrected chi connectivity index (χ2v) is 6.24. The molecule has 0 aliphatic carbocycles. The van der Waals surface area contributed by atoms with Gasteiger partial charge in [-0.05, 0) is 38.3 Å². The molecule has 0 saturated carbocycles. The second-order valence-electron chi connectivity index (χ2n) is 6.24. The minimum absolute atomic E-state index is 0.00386. The third-order valence-electron chi connectivity index (χ3n) is 4.52. The molecular formula is C17H22N2O5. The number of fused-ring (bicyclic) bond motifs is 1. The van der Waals surface area contributed by atoms with Gasteiger partial charge in [-0.25, -0.2) is 5.48 Å². The van der Waals surface area contributed by atoms with E-state index < -0.39 is 5.91 Å². The van der Waals surface area contributed by atoms with E-state index in [4.69, 9.17) is 14.7 Å². The summed E-state index contributed by atoms with van der Waals surface area (Å²) < 4.78 is 11.4. The molecule has 0 spiro atoms. The fourth-order valence-corrected chi connectivity index (χ4v) is 3.08. The SMILES string of the molecule is C[C@H]1COc2cc(C(=O)NO)ccc2CN1C(=O)[C@H]1CCCCO1. The Morgan fingerprint density at radius 2 is 2.17 bits per heavy atom. The lowest BCUT2D eigenvalue weighted by Gasteiger charge is -2.31. The molecule has 2 N–H and O–H groups in total. The first-order chi connectivity index (χ1) is 11.6. The zero-order valence-electron chi connectivity index (χ0n) is 13.7. The van der Waals surface area contributed by atoms with E-state index in [9.17, 15) is 9.59 Å². The summed E-state index contributed by atoms with van der Waals surface area (Å²) in [5.41, 5.74) is 2.74. The maximum atomic E-state index is 12.8. The first-order valence-electron chi connectivity index (χ1n) is 8.22. The molecule has 7 heteroatoms. The lowest BCUT2D eigenvalue weighted by molar-refractivity contribution is -0.149. The van der Waals surface area contributed by atoms with Crippen molar-refractivity contribution in [2.75, 3.05) is 13.2 Å². The molecule has 0 aromatic heterocycles. The van der Waals surface area contributed by atoms with E-state index in [0.29, 0.717) is 31.1 Å². The molecule has 0 bridgehead atoms. The average molecular weight is 334 g/mol. The zero-order chi connectivity index (χ0) is 17.1. The van der Waals surface area contributed by atoms with E-state index in [0.717, 1.165) is 24.8 Å². The molecule has 24 heavy (non-hydrogen) atoms. The number of carbonyl (C=O) groups excluding carboxylic acids is 2. The number of ether oxygens (including phenoxy) is 2. The molecule has 0 radical (unpaired) electrons. The van der Waals surface area contributed by atoms with Crippen molar-refractivity contribution in [3.05, 3.63) is 29.3 Å². The number of hydrogen-bond acceptors (Lipinski definition) is 5. The number of amides is 2. The topological polar surface area (TPSA) is 88.1 Å². The summed E-state index contributed by atoms with van der Waals surface area (Å²) in [6.45, 7) is 3.32. The van der Waals surface area contributed by atoms with E-state index in [1.165, 1.54) is 0 Å². The van der Waals surface area contributed by atoms with Crippen LogP contribution in [0.5, 0.6) is 5.75 Å². The van der Waals surface area contributed by atoms with Crippen LogP contribution in [0.25, 0.3) is 0 Å². The standard InChI is InChI=1S/C17H22N2O5/c1-11-10-24-15-8-12(16(20)18-22)5-6-13(15)9-19(11)17(21)14-4-2-3-7-23-14/h5-6,8,11,14,22H,2-4,7,9-10H2,1H3,(H,18,20)/t11-,14+/m0/s1. The van der Waals surface area contributed by atoms with Gasteiger partial charge in [-0.2, -0.15) is 0 Å². The number of nitrogens with one attached hydrogen (secondary N) is 1. The van der Waals surface area contributed by atoms with E-state index in [1.807, 2.05) is 6.92 Å². The summed E-state index contributed by atoms with van der Waals surface area (Å²) in [7, 11) is 0. The fourth-order valence-electron chi connectivity index (χ4n) is 3.08. The maximum absolute atomic E-state index is 12.8. The summed E-state index contributed by atoms with van der Waals surface area (Å²) >= 11 is 0. The molecule has 2 aliphatic rings. The quantitative estimate of drug-likeness (QED) is 0.632. The molecule has 0 unspecified atom stereocenters. The van der Waals surface area contributed by atoms with E-state index in [2.05, 4.69) is 0 Å². The number of hydrogen-bond donors (Lipinski definition) is 2. The lowest BCUT2D eigenvalue weighted by atomic mass is 10.1. The van der Waals surface area contributed by atoms with Gasteiger partial charge in [-0.3, -0.25) is 14.8 Å². The third kappa shape index (κ3) is 3.37. The number of rotatable bonds is 2. The van der Waals surface area contributed by atoms with Crippen molar-refractivity contribution in [1.82, 2.24) is 10.4 Å². The summed E-state index contributed by atoms with van der Waals surface area (Å²) in [6, 6.07) is 4.84. The molecule has 1 saturated heterocycles. The Labute approximate surface area is 140 Å². The van der Waals surface area contributed by atoms with Gasteiger partial charge in [0.05, 0.1) is 6.04 Å². The Bertz CT molecular complexity index is 627. The predicted octanol–water partition coefficient (Wildman–Crippen LogP) is 1.48. The van der Waals surface area contributed by atoms with E-state index >= 15 is 0 Å². The van der Waals surface area contributed by atoms with Gasteiger partial charge < -0.3 is 14.4 Å². The van der Waals surface area contributed by atoms with Gasteiger partial charge in [0.15, 0.2) is 0 Å². The Morgan fingerprint density at radius 3 is 2.88 bits per heavy atom. The summed E-state index contributed by atoms with van der Waals surface area (Å²) in [4.78, 5) is 26.1. The van der Waals surface area contributed by atoms with Crippen LogP contribution < -0.4 is 10.2 Å². The molecular weight excluding hydrogens is 312 g/mol. The van der Waals surface area contributed by atoms with Crippen LogP contribution in [0, 0.1) is 0 Å². The molecule has 130 valence electrons. The monoisotopic (exact) mass is 334 g/mol. The Morgan fingerprint density at radius 1 is 1.33 bits per heavy atom. The fraction of sp³-hybridized carbons (Fsp3) is 0.529. The molecule has 1 aromatic rings. The van der Waals surface area contributed by atoms with Crippen LogP contribution >= 0.6 is 0 Å². The van der Waals surface area contributed by atoms with Crippen LogP contribution in [0.1, 0.15) is 42.1 Å². The number of nitrogens with zero attached hydrogens (tertiary/aromatic N) is 1. The molecule has 2 atom stereocenters. The Hall–Kier alpha value is -2.12. The second kappa shape index (κ2) is 7.19. The molecule has 1 fully saturated rings. The third-order valence-corrected chi connectivity index (χ3v) is 4.52. The molecule has 2 heterocycles. The maximum Gasteiger partial charge on any atom is 0.274 e. The van der Waals surface area contributed by atoms with Gasteiger partial charge in [-0.15, -0.1) is 0 Å². The first-order valence-corrected chi connectivity index (χ1v) is 8.22. The van der Waals surface area contributed by atoms with Crippen molar-refractivity contribution in [2.24, 2.45) is 0 Å². The highest BCUT2D eigenvalue weighted by Crippen LogP contribution is 2.28. The van der Waals surface area contributed by atoms with Crippen LogP contribution in [-0.2, 0) is 16.1 Å². The van der Waals surface area contributed by atoms with Crippen molar-refractivity contribution in [3.8, 4) is 5.75 Å². The number of carbonyl (C=O) groups is 2. The Kier molecular flexibility index (Phi) is 5.01. The highest BCUT2D eigenvalue weighted by Gasteiger charge is 2.32. The predicted molar refractivity (Wildman–Crippen MR) is 84.8 cm³/mol. The largest absolute Gasteiger partial charge is 0.491 e. The van der Waals surface area contributed by atoms with Crippen LogP contribution in [0.15, 0.2) is 18.2 Å². The van der Waals surface area contributed by atoms with Crippen molar-refractivity contribution >= 4 is 11.8 Å². The summed E-state index contributed by atoms with van der Waals surface area (Å²) in [6.07, 6.45) is 2.39. The average Bonchev–Trinajstić information content (AvgIpc) is 2.80. The highest BCUT2D eigenvalue weighted by atomic mass is 16.5. The van der Waals surface area contributed by atoms with Gasteiger partial charge in [0.25, 0.3) is 11.8 Å². The number of hydroxylamine groups is 1. The lowest BCUT2D eigenvalue weighted by Crippen LogP contribution is -2.46. The minimum Gasteiger partial charge on any atom is -0.491 e. The summed E-state index contributed by atoms with van der Waals surface area (Å²) in [5, 5.41) is 8.74. The van der Waals surface area contributed by atoms with Gasteiger partial charge in [0.2, 0.25) is 0 Å². The van der Waals surface area contributed by atoms with Gasteiger partial charge >= 0.3 is 0 Å². The molecule has 3 rings (SSSR count). The molecule has 2 aliphatic heterocycles. The zero-order valence-corrected chi connectivity index (χ0v) is 13.7. The molecule has 7 nitrogen and oxygen atoms in total. The highest BCUT2D eigenvalue weighted by molar-refractivity contribution is 5.93. The minimum atomic E-state index is -0.595. The van der Waals surface area contributed by atoms with Crippen molar-refractivity contribution in [2.45, 2.75) is 44.9 Å². The van der Waals surface area contributed by atoms with Gasteiger partial charge in [0, 0.05) is 24.3 Å². The van der Waals surface area contributed by atoms with Crippen LogP contribution in [0.4, 0.5) is 0 Å². The normalized spacial score (nSPS) is 23.7. The van der Waals surface area contributed by atoms with Crippen LogP contribution in [-0.4, -0.2) is 47.3 Å². The summed E-state index contributed by atoms with van der Waals surface area (Å²) in [5.74, 6) is -0.0409. The van der Waals surface area contributed by atoms with Crippen molar-refractivity contribution in [3.63, 3.8) is 0 Å².